The minimum absolute atomic E-state index is 0.111. The van der Waals surface area contributed by atoms with Gasteiger partial charge in [-0.25, -0.2) is 0 Å². The third-order valence-corrected chi connectivity index (χ3v) is 1.88. The number of aliphatic hydroxyl groups excluding tert-OH is 1. The number of nitrogens with zero attached hydrogens (tertiary/aromatic N) is 1. The number of amides is 2. The molecule has 0 atom stereocenters. The first-order valence-electron chi connectivity index (χ1n) is 4.58. The molecule has 6 heteroatoms. The van der Waals surface area contributed by atoms with Crippen molar-refractivity contribution in [1.82, 2.24) is 4.90 Å². The van der Waals surface area contributed by atoms with E-state index < -0.39 is 6.29 Å². The largest absolute Gasteiger partial charge is 0.379 e. The molecule has 84 valence electrons. The van der Waals surface area contributed by atoms with Crippen LogP contribution in [-0.4, -0.2) is 53.0 Å². The average molecular weight is 215 g/mol. The smallest absolute Gasteiger partial charge is 0.253 e. The van der Waals surface area contributed by atoms with Gasteiger partial charge in [-0.2, -0.15) is 0 Å². The summed E-state index contributed by atoms with van der Waals surface area (Å²) < 4.78 is 5.01. The molecule has 0 aromatic rings. The number of hydrogen-bond acceptors (Lipinski definition) is 5. The molecule has 0 bridgehead atoms. The van der Waals surface area contributed by atoms with Crippen molar-refractivity contribution in [1.29, 1.82) is 0 Å². The van der Waals surface area contributed by atoms with Crippen molar-refractivity contribution in [2.45, 2.75) is 12.7 Å². The fourth-order valence-electron chi connectivity index (χ4n) is 1.10. The zero-order valence-corrected chi connectivity index (χ0v) is 8.13. The van der Waals surface area contributed by atoms with Gasteiger partial charge in [-0.3, -0.25) is 14.5 Å². The van der Waals surface area contributed by atoms with Gasteiger partial charge in [0.2, 0.25) is 0 Å². The summed E-state index contributed by atoms with van der Waals surface area (Å²) in [6.45, 7) is 0.569. The quantitative estimate of drug-likeness (QED) is 0.324. The van der Waals surface area contributed by atoms with Gasteiger partial charge >= 0.3 is 0 Å². The van der Waals surface area contributed by atoms with E-state index in [2.05, 4.69) is 0 Å². The molecule has 0 saturated carbocycles. The number of hydrogen-bond donors (Lipinski definition) is 2. The van der Waals surface area contributed by atoms with E-state index in [1.807, 2.05) is 0 Å². The standard InChI is InChI=1S/C9H13NO5/c11-7-1-2-8(12)10(7)4-6-15-5-3-9(13)14/h1-2,9,13-14H,3-6H2. The van der Waals surface area contributed by atoms with Crippen molar-refractivity contribution in [3.63, 3.8) is 0 Å². The van der Waals surface area contributed by atoms with Gasteiger partial charge in [0, 0.05) is 18.6 Å². The Morgan fingerprint density at radius 1 is 1.20 bits per heavy atom. The van der Waals surface area contributed by atoms with E-state index >= 15 is 0 Å². The van der Waals surface area contributed by atoms with E-state index in [4.69, 9.17) is 14.9 Å². The van der Waals surface area contributed by atoms with E-state index in [1.54, 1.807) is 0 Å². The summed E-state index contributed by atoms with van der Waals surface area (Å²) in [5.41, 5.74) is 0. The molecule has 0 radical (unpaired) electrons. The molecule has 1 rings (SSSR count). The van der Waals surface area contributed by atoms with Gasteiger partial charge in [-0.05, 0) is 0 Å². The highest BCUT2D eigenvalue weighted by Crippen LogP contribution is 2.02. The van der Waals surface area contributed by atoms with Crippen LogP contribution >= 0.6 is 0 Å². The Balaban J connectivity index is 2.10. The Labute approximate surface area is 86.7 Å². The lowest BCUT2D eigenvalue weighted by Crippen LogP contribution is -2.33. The second-order valence-corrected chi connectivity index (χ2v) is 3.04. The van der Waals surface area contributed by atoms with E-state index in [9.17, 15) is 9.59 Å². The molecule has 15 heavy (non-hydrogen) atoms. The summed E-state index contributed by atoms with van der Waals surface area (Å²) in [4.78, 5) is 23.1. The zero-order valence-electron chi connectivity index (χ0n) is 8.13. The highest BCUT2D eigenvalue weighted by molar-refractivity contribution is 6.12. The van der Waals surface area contributed by atoms with Gasteiger partial charge in [0.25, 0.3) is 11.8 Å². The zero-order chi connectivity index (χ0) is 11.3. The highest BCUT2D eigenvalue weighted by atomic mass is 16.5. The van der Waals surface area contributed by atoms with E-state index in [0.717, 1.165) is 4.90 Å². The Hall–Kier alpha value is -1.24. The molecule has 0 fully saturated rings. The third-order valence-electron chi connectivity index (χ3n) is 1.88. The predicted molar refractivity (Wildman–Crippen MR) is 49.5 cm³/mol. The van der Waals surface area contributed by atoms with E-state index in [0.29, 0.717) is 0 Å². The summed E-state index contributed by atoms with van der Waals surface area (Å²) >= 11 is 0. The average Bonchev–Trinajstić information content (AvgIpc) is 2.47. The Kier molecular flexibility index (Phi) is 4.41. The van der Waals surface area contributed by atoms with Crippen LogP contribution in [0.1, 0.15) is 6.42 Å². The first kappa shape index (κ1) is 11.8. The molecule has 0 spiro atoms. The summed E-state index contributed by atoms with van der Waals surface area (Å²) in [7, 11) is 0. The maximum atomic E-state index is 11.0. The van der Waals surface area contributed by atoms with Crippen LogP contribution in [0.2, 0.25) is 0 Å². The molecule has 1 heterocycles. The van der Waals surface area contributed by atoms with Crippen LogP contribution in [0.25, 0.3) is 0 Å². The SMILES string of the molecule is O=C1C=CC(=O)N1CCOCCC(O)O. The van der Waals surface area contributed by atoms with Gasteiger partial charge in [0.05, 0.1) is 19.8 Å². The van der Waals surface area contributed by atoms with Crippen LogP contribution in [0.15, 0.2) is 12.2 Å². The van der Waals surface area contributed by atoms with Crippen LogP contribution in [0, 0.1) is 0 Å². The molecule has 2 amide bonds. The van der Waals surface area contributed by atoms with Crippen molar-refractivity contribution in [2.24, 2.45) is 0 Å². The van der Waals surface area contributed by atoms with Crippen LogP contribution < -0.4 is 0 Å². The monoisotopic (exact) mass is 215 g/mol. The molecule has 1 aliphatic rings. The lowest BCUT2D eigenvalue weighted by Gasteiger charge is -2.13. The molecular formula is C9H13NO5. The number of carbonyl (C=O) groups is 2. The van der Waals surface area contributed by atoms with Crippen molar-refractivity contribution in [2.75, 3.05) is 19.8 Å². The molecule has 1 aliphatic heterocycles. The van der Waals surface area contributed by atoms with Crippen LogP contribution in [0.5, 0.6) is 0 Å². The lowest BCUT2D eigenvalue weighted by molar-refractivity contribution is -0.137. The number of ether oxygens (including phenoxy) is 1. The Bertz CT molecular complexity index is 256. The van der Waals surface area contributed by atoms with Crippen molar-refractivity contribution >= 4 is 11.8 Å². The number of aliphatic hydroxyl groups is 2. The molecule has 0 aromatic heterocycles. The van der Waals surface area contributed by atoms with Gasteiger partial charge < -0.3 is 14.9 Å². The summed E-state index contributed by atoms with van der Waals surface area (Å²) in [5.74, 6) is -0.684. The van der Waals surface area contributed by atoms with Gasteiger partial charge in [-0.1, -0.05) is 0 Å². The van der Waals surface area contributed by atoms with Gasteiger partial charge in [0.1, 0.15) is 0 Å². The minimum atomic E-state index is -1.39. The van der Waals surface area contributed by atoms with Crippen molar-refractivity contribution < 1.29 is 24.5 Å². The van der Waals surface area contributed by atoms with Crippen molar-refractivity contribution in [3.8, 4) is 0 Å². The third kappa shape index (κ3) is 3.78. The highest BCUT2D eigenvalue weighted by Gasteiger charge is 2.22. The van der Waals surface area contributed by atoms with Gasteiger partial charge in [0.15, 0.2) is 6.29 Å². The lowest BCUT2D eigenvalue weighted by atomic mass is 10.4. The first-order chi connectivity index (χ1) is 7.11. The Morgan fingerprint density at radius 3 is 2.33 bits per heavy atom. The normalized spacial score (nSPS) is 15.8. The minimum Gasteiger partial charge on any atom is -0.379 e. The second-order valence-electron chi connectivity index (χ2n) is 3.04. The van der Waals surface area contributed by atoms with Crippen molar-refractivity contribution in [3.05, 3.63) is 12.2 Å². The maximum absolute atomic E-state index is 11.0. The number of rotatable bonds is 6. The molecular weight excluding hydrogens is 202 g/mol. The summed E-state index contributed by atoms with van der Waals surface area (Å²) in [6.07, 6.45) is 1.14. The second kappa shape index (κ2) is 5.59. The molecule has 0 aromatic carbocycles. The maximum Gasteiger partial charge on any atom is 0.253 e. The van der Waals surface area contributed by atoms with E-state index in [1.165, 1.54) is 12.2 Å². The topological polar surface area (TPSA) is 87.1 Å². The number of imide groups is 1. The molecule has 0 aliphatic carbocycles. The fourth-order valence-corrected chi connectivity index (χ4v) is 1.10. The molecule has 6 nitrogen and oxygen atoms in total. The Morgan fingerprint density at radius 2 is 1.80 bits per heavy atom. The fraction of sp³-hybridized carbons (Fsp3) is 0.556. The van der Waals surface area contributed by atoms with Gasteiger partial charge in [-0.15, -0.1) is 0 Å². The van der Waals surface area contributed by atoms with Crippen LogP contribution in [0.3, 0.4) is 0 Å². The van der Waals surface area contributed by atoms with Crippen LogP contribution in [0.4, 0.5) is 0 Å². The summed E-state index contributed by atoms with van der Waals surface area (Å²) in [6, 6.07) is 0. The first-order valence-corrected chi connectivity index (χ1v) is 4.58. The molecule has 2 N–H and O–H groups in total. The number of carbonyl (C=O) groups excluding carboxylic acids is 2. The van der Waals surface area contributed by atoms with Crippen LogP contribution in [-0.2, 0) is 14.3 Å². The molecule has 0 unspecified atom stereocenters. The predicted octanol–water partition coefficient (Wildman–Crippen LogP) is -1.37. The van der Waals surface area contributed by atoms with E-state index in [-0.39, 0.29) is 38.0 Å². The summed E-state index contributed by atoms with van der Waals surface area (Å²) in [5, 5.41) is 17.0. The molecule has 0 saturated heterocycles.